The maximum Gasteiger partial charge on any atom is 0.344 e. The van der Waals surface area contributed by atoms with Crippen LogP contribution in [-0.4, -0.2) is 90.9 Å². The van der Waals surface area contributed by atoms with Crippen LogP contribution in [0.15, 0.2) is 50.1 Å². The maximum atomic E-state index is 14.5. The van der Waals surface area contributed by atoms with Gasteiger partial charge < -0.3 is 29.5 Å². The van der Waals surface area contributed by atoms with E-state index in [-0.39, 0.29) is 37.8 Å². The number of thioether (sulfide) groups is 1. The molecule has 1 aliphatic carbocycles. The van der Waals surface area contributed by atoms with Gasteiger partial charge in [-0.15, -0.1) is 11.8 Å². The highest BCUT2D eigenvalue weighted by atomic mass is 35.5. The first kappa shape index (κ1) is 51.2. The molecule has 2 aromatic carbocycles. The Hall–Kier alpha value is -4.41. The highest BCUT2D eigenvalue weighted by molar-refractivity contribution is 8.00. The molecule has 63 heavy (non-hydrogen) atoms. The van der Waals surface area contributed by atoms with Crippen LogP contribution in [0.5, 0.6) is 5.75 Å². The van der Waals surface area contributed by atoms with Crippen LogP contribution in [0.25, 0.3) is 0 Å². The predicted octanol–water partition coefficient (Wildman–Crippen LogP) is 5.84. The molecule has 0 radical (unpaired) electrons. The number of amides is 2. The number of fused-ring (bicyclic) bond motifs is 1. The average Bonchev–Trinajstić information content (AvgIpc) is 3.67. The molecule has 5 N–H and O–H groups in total. The minimum absolute atomic E-state index is 0.000883. The van der Waals surface area contributed by atoms with E-state index in [1.807, 2.05) is 6.92 Å². The molecule has 6 rings (SSSR count). The Kier molecular flexibility index (Phi) is 19.5. The van der Waals surface area contributed by atoms with Gasteiger partial charge in [-0.25, -0.2) is 28.1 Å². The van der Waals surface area contributed by atoms with Crippen molar-refractivity contribution in [3.8, 4) is 5.75 Å². The minimum Gasteiger partial charge on any atom is -0.481 e. The van der Waals surface area contributed by atoms with E-state index in [4.69, 9.17) is 52.7 Å². The van der Waals surface area contributed by atoms with Crippen molar-refractivity contribution in [1.82, 2.24) is 14.7 Å². The number of carbonyl (C=O) groups excluding carboxylic acids is 3. The first-order valence-corrected chi connectivity index (χ1v) is 23.7. The highest BCUT2D eigenvalue weighted by Gasteiger charge is 2.41. The normalized spacial score (nSPS) is 14.9. The molecule has 0 fully saturated rings. The van der Waals surface area contributed by atoms with Crippen LogP contribution in [-0.2, 0) is 46.4 Å². The number of esters is 1. The van der Waals surface area contributed by atoms with Gasteiger partial charge in [-0.1, -0.05) is 43.0 Å². The summed E-state index contributed by atoms with van der Waals surface area (Å²) in [5, 5.41) is 18.9. The molecule has 18 nitrogen and oxygen atoms in total. The molecular formula is C38H44Cl2F2N5O13PS2. The van der Waals surface area contributed by atoms with E-state index in [2.05, 4.69) is 10.3 Å². The second-order valence-corrected chi connectivity index (χ2v) is 18.2. The van der Waals surface area contributed by atoms with Crippen molar-refractivity contribution in [1.29, 1.82) is 0 Å². The lowest BCUT2D eigenvalue weighted by atomic mass is 9.93. The molecule has 0 spiro atoms. The van der Waals surface area contributed by atoms with Gasteiger partial charge in [0.25, 0.3) is 11.8 Å². The SMILES string of the molecule is CCCCCOC(=O)COc1cc(N2C(=O)C3=C(CCCC3)C2=O)c(F)cc1Cl.O=C(O)CNCP(=O)(O)O.O=C(O)CSc1cc(N=c2sc(=O)n3n2CCCC3)c(F)cc1Cl. The summed E-state index contributed by atoms with van der Waals surface area (Å²) in [5.74, 6) is -5.34. The zero-order valence-corrected chi connectivity index (χ0v) is 37.7. The fourth-order valence-electron chi connectivity index (χ4n) is 6.16. The van der Waals surface area contributed by atoms with Gasteiger partial charge in [0.05, 0.1) is 40.9 Å². The van der Waals surface area contributed by atoms with E-state index < -0.39 is 68.4 Å². The number of ether oxygens (including phenoxy) is 2. The fourth-order valence-corrected chi connectivity index (χ4v) is 8.64. The van der Waals surface area contributed by atoms with Crippen molar-refractivity contribution < 1.29 is 66.8 Å². The van der Waals surface area contributed by atoms with Crippen molar-refractivity contribution in [3.63, 3.8) is 0 Å². The summed E-state index contributed by atoms with van der Waals surface area (Å²) in [6, 6.07) is 4.67. The van der Waals surface area contributed by atoms with Crippen LogP contribution >= 0.6 is 53.9 Å². The highest BCUT2D eigenvalue weighted by Crippen LogP contribution is 2.40. The van der Waals surface area contributed by atoms with Crippen LogP contribution in [0.1, 0.15) is 64.7 Å². The van der Waals surface area contributed by atoms with Crippen molar-refractivity contribution >= 4 is 95.0 Å². The molecule has 2 amide bonds. The molecule has 25 heteroatoms. The van der Waals surface area contributed by atoms with Gasteiger partial charge in [-0.3, -0.25) is 38.5 Å². The second kappa shape index (κ2) is 24.0. The van der Waals surface area contributed by atoms with Gasteiger partial charge in [-0.2, -0.15) is 0 Å². The Labute approximate surface area is 376 Å². The van der Waals surface area contributed by atoms with E-state index in [9.17, 15) is 42.1 Å². The fraction of sp³-hybridized carbons (Fsp3) is 0.447. The first-order valence-electron chi connectivity index (χ1n) is 19.4. The van der Waals surface area contributed by atoms with E-state index in [0.717, 1.165) is 85.1 Å². The van der Waals surface area contributed by atoms with Gasteiger partial charge in [-0.05, 0) is 74.5 Å². The molecule has 0 saturated heterocycles. The minimum atomic E-state index is -4.10. The number of aliphatic carboxylic acids is 2. The lowest BCUT2D eigenvalue weighted by Crippen LogP contribution is -2.32. The van der Waals surface area contributed by atoms with Gasteiger partial charge in [0.1, 0.15) is 23.1 Å². The number of carboxylic acids is 2. The Morgan fingerprint density at radius 1 is 0.905 bits per heavy atom. The zero-order valence-electron chi connectivity index (χ0n) is 33.7. The average molecular weight is 983 g/mol. The summed E-state index contributed by atoms with van der Waals surface area (Å²) in [5.41, 5.74) is 0.711. The van der Waals surface area contributed by atoms with Crippen LogP contribution in [0, 0.1) is 11.6 Å². The first-order chi connectivity index (χ1) is 29.8. The standard InChI is InChI=1S/C21H23ClFNO5.C14H13ClFN3O3S2.C3H8NO5P/c1-2-3-6-9-28-19(25)12-29-18-11-17(16(23)10-15(18)22)24-20(26)13-7-4-5-8-14(13)21(24)27;15-8-5-9(16)10(6-11(8)23-7-12(20)21)17-13-18-3-1-2-4-19(18)14(22)24-13;5-3(6)1-4-2-10(7,8)9/h10-11H,2-9,12H2,1H3;5-6H,1-4,7H2,(H,20,21);4H,1-2H2,(H,5,6)(H2,7,8,9). The summed E-state index contributed by atoms with van der Waals surface area (Å²) >= 11 is 13.9. The van der Waals surface area contributed by atoms with Crippen LogP contribution < -0.4 is 24.6 Å². The molecule has 0 bridgehead atoms. The third-order valence-corrected chi connectivity index (χ3v) is 12.3. The number of rotatable bonds is 16. The molecule has 3 aromatic rings. The van der Waals surface area contributed by atoms with E-state index in [0.29, 0.717) is 53.4 Å². The summed E-state index contributed by atoms with van der Waals surface area (Å²) in [6.45, 7) is 2.78. The number of carboxylic acid groups (broad SMARTS) is 2. The molecular weight excluding hydrogens is 938 g/mol. The summed E-state index contributed by atoms with van der Waals surface area (Å²) in [7, 11) is -4.10. The van der Waals surface area contributed by atoms with Crippen LogP contribution in [0.3, 0.4) is 0 Å². The predicted molar refractivity (Wildman–Crippen MR) is 229 cm³/mol. The Morgan fingerprint density at radius 3 is 2.14 bits per heavy atom. The number of nitrogens with one attached hydrogen (secondary N) is 1. The topological polar surface area (TPSA) is 256 Å². The number of unbranched alkanes of at least 4 members (excludes halogenated alkanes) is 2. The quantitative estimate of drug-likeness (QED) is 0.0372. The Bertz CT molecular complexity index is 2390. The van der Waals surface area contributed by atoms with Crippen molar-refractivity contribution in [2.75, 3.05) is 36.7 Å². The molecule has 0 atom stereocenters. The van der Waals surface area contributed by atoms with Gasteiger partial charge in [0.2, 0.25) is 4.80 Å². The van der Waals surface area contributed by atoms with Gasteiger partial charge >= 0.3 is 30.4 Å². The van der Waals surface area contributed by atoms with Gasteiger partial charge in [0, 0.05) is 35.2 Å². The zero-order chi connectivity index (χ0) is 46.4. The summed E-state index contributed by atoms with van der Waals surface area (Å²) in [4.78, 5) is 91.8. The van der Waals surface area contributed by atoms with Crippen molar-refractivity contribution in [3.05, 3.63) is 71.6 Å². The summed E-state index contributed by atoms with van der Waals surface area (Å²) in [6.07, 6.45) is 6.67. The van der Waals surface area contributed by atoms with Crippen LogP contribution in [0.2, 0.25) is 10.0 Å². The third kappa shape index (κ3) is 15.1. The monoisotopic (exact) mass is 981 g/mol. The Morgan fingerprint density at radius 2 is 1.54 bits per heavy atom. The maximum absolute atomic E-state index is 14.5. The largest absolute Gasteiger partial charge is 0.481 e. The number of carbonyl (C=O) groups is 5. The lowest BCUT2D eigenvalue weighted by molar-refractivity contribution is -0.146. The molecule has 1 aromatic heterocycles. The second-order valence-electron chi connectivity index (χ2n) is 13.8. The van der Waals surface area contributed by atoms with E-state index in [1.165, 1.54) is 12.1 Å². The number of hydrogen-bond donors (Lipinski definition) is 5. The number of aromatic nitrogens is 2. The molecule has 0 saturated carbocycles. The van der Waals surface area contributed by atoms with Crippen molar-refractivity contribution in [2.24, 2.45) is 4.99 Å². The summed E-state index contributed by atoms with van der Waals surface area (Å²) < 4.78 is 52.5. The van der Waals surface area contributed by atoms with Crippen LogP contribution in [0.4, 0.5) is 20.2 Å². The van der Waals surface area contributed by atoms with Gasteiger partial charge in [0.15, 0.2) is 6.61 Å². The number of nitrogens with zero attached hydrogens (tertiary/aromatic N) is 4. The number of halogens is 4. The van der Waals surface area contributed by atoms with E-state index >= 15 is 0 Å². The molecule has 2 aliphatic heterocycles. The molecule has 3 heterocycles. The van der Waals surface area contributed by atoms with E-state index in [1.54, 1.807) is 9.36 Å². The third-order valence-electron chi connectivity index (χ3n) is 9.04. The number of benzene rings is 2. The number of anilines is 1. The molecule has 344 valence electrons. The number of hydrogen-bond acceptors (Lipinski definition) is 13. The smallest absolute Gasteiger partial charge is 0.344 e. The molecule has 0 unspecified atom stereocenters. The van der Waals surface area contributed by atoms with Crippen molar-refractivity contribution in [2.45, 2.75) is 82.7 Å². The lowest BCUT2D eigenvalue weighted by Gasteiger charge is -2.18. The molecule has 3 aliphatic rings. The Balaban J connectivity index is 0.000000231. The number of imide groups is 1.